The second kappa shape index (κ2) is 4.52. The van der Waals surface area contributed by atoms with Gasteiger partial charge in [0.2, 0.25) is 0 Å². The molecule has 1 N–H and O–H groups in total. The first-order valence-corrected chi connectivity index (χ1v) is 7.67. The normalized spacial score (nSPS) is 15.4. The fourth-order valence-electron chi connectivity index (χ4n) is 1.89. The van der Waals surface area contributed by atoms with Gasteiger partial charge in [0.1, 0.15) is 5.01 Å². The van der Waals surface area contributed by atoms with Crippen LogP contribution in [0.15, 0.2) is 11.4 Å². The molecule has 0 unspecified atom stereocenters. The molecule has 4 heteroatoms. The van der Waals surface area contributed by atoms with Crippen LogP contribution in [0.4, 0.5) is 0 Å². The van der Waals surface area contributed by atoms with Crippen LogP contribution in [0.5, 0.6) is 0 Å². The molecular formula is C13H16N2S2. The molecule has 3 rings (SSSR count). The topological polar surface area (TPSA) is 24.9 Å². The molecule has 2 aromatic rings. The molecule has 0 atom stereocenters. The first kappa shape index (κ1) is 11.4. The minimum atomic E-state index is 0.755. The van der Waals surface area contributed by atoms with Gasteiger partial charge in [0, 0.05) is 33.3 Å². The number of nitrogens with one attached hydrogen (secondary N) is 1. The summed E-state index contributed by atoms with van der Waals surface area (Å²) in [7, 11) is 0. The second-order valence-corrected chi connectivity index (χ2v) is 6.94. The van der Waals surface area contributed by atoms with Crippen LogP contribution in [0.3, 0.4) is 0 Å². The Morgan fingerprint density at radius 3 is 2.88 bits per heavy atom. The van der Waals surface area contributed by atoms with Crippen LogP contribution < -0.4 is 5.32 Å². The lowest BCUT2D eigenvalue weighted by atomic mass is 10.2. The first-order chi connectivity index (χ1) is 8.22. The van der Waals surface area contributed by atoms with Gasteiger partial charge in [0.05, 0.1) is 5.69 Å². The van der Waals surface area contributed by atoms with Gasteiger partial charge < -0.3 is 5.32 Å². The van der Waals surface area contributed by atoms with Gasteiger partial charge in [-0.05, 0) is 32.8 Å². The number of thiophene rings is 1. The zero-order valence-electron chi connectivity index (χ0n) is 10.1. The lowest BCUT2D eigenvalue weighted by Gasteiger charge is -1.97. The third-order valence-corrected chi connectivity index (χ3v) is 4.86. The third kappa shape index (κ3) is 2.59. The van der Waals surface area contributed by atoms with E-state index in [0.29, 0.717) is 0 Å². The summed E-state index contributed by atoms with van der Waals surface area (Å²) in [5, 5.41) is 6.85. The minimum absolute atomic E-state index is 0.755. The van der Waals surface area contributed by atoms with Crippen molar-refractivity contribution >= 4 is 22.7 Å². The van der Waals surface area contributed by atoms with Gasteiger partial charge in [0.15, 0.2) is 0 Å². The van der Waals surface area contributed by atoms with Crippen molar-refractivity contribution in [2.45, 2.75) is 39.3 Å². The zero-order valence-corrected chi connectivity index (χ0v) is 11.8. The lowest BCUT2D eigenvalue weighted by molar-refractivity contribution is 0.678. The molecule has 1 aliphatic rings. The van der Waals surface area contributed by atoms with Crippen molar-refractivity contribution in [2.75, 3.05) is 0 Å². The van der Waals surface area contributed by atoms with E-state index in [2.05, 4.69) is 30.6 Å². The average molecular weight is 264 g/mol. The van der Waals surface area contributed by atoms with E-state index in [1.54, 1.807) is 11.3 Å². The van der Waals surface area contributed by atoms with E-state index < -0.39 is 0 Å². The van der Waals surface area contributed by atoms with Crippen LogP contribution in [0.2, 0.25) is 0 Å². The Balaban J connectivity index is 1.76. The molecule has 2 nitrogen and oxygen atoms in total. The van der Waals surface area contributed by atoms with Crippen molar-refractivity contribution in [2.24, 2.45) is 0 Å². The molecule has 1 fully saturated rings. The van der Waals surface area contributed by atoms with Gasteiger partial charge in [-0.2, -0.15) is 0 Å². The number of nitrogens with zero attached hydrogens (tertiary/aromatic N) is 1. The fraction of sp³-hybridized carbons (Fsp3) is 0.462. The van der Waals surface area contributed by atoms with E-state index in [4.69, 9.17) is 4.98 Å². The van der Waals surface area contributed by atoms with E-state index in [-0.39, 0.29) is 0 Å². The summed E-state index contributed by atoms with van der Waals surface area (Å²) in [6, 6.07) is 3.00. The van der Waals surface area contributed by atoms with Gasteiger partial charge in [-0.1, -0.05) is 0 Å². The quantitative estimate of drug-likeness (QED) is 0.910. The SMILES string of the molecule is Cc1cc(-c2nc(CNC3CC3)cs2)c(C)s1. The number of aryl methyl sites for hydroxylation is 2. The molecule has 2 heterocycles. The summed E-state index contributed by atoms with van der Waals surface area (Å²) in [6.45, 7) is 5.25. The Hall–Kier alpha value is -0.710. The predicted octanol–water partition coefficient (Wildman–Crippen LogP) is 3.74. The van der Waals surface area contributed by atoms with Crippen LogP contribution in [-0.2, 0) is 6.54 Å². The predicted molar refractivity (Wildman–Crippen MR) is 74.8 cm³/mol. The van der Waals surface area contributed by atoms with Crippen molar-refractivity contribution in [3.63, 3.8) is 0 Å². The standard InChI is InChI=1S/C13H16N2S2/c1-8-5-12(9(2)17-8)13-15-11(7-16-13)6-14-10-3-4-10/h5,7,10,14H,3-4,6H2,1-2H3. The second-order valence-electron chi connectivity index (χ2n) is 4.63. The average Bonchev–Trinajstić information content (AvgIpc) is 2.90. The monoisotopic (exact) mass is 264 g/mol. The summed E-state index contributed by atoms with van der Waals surface area (Å²) in [6.07, 6.45) is 2.67. The molecule has 1 saturated carbocycles. The van der Waals surface area contributed by atoms with Crippen molar-refractivity contribution in [3.8, 4) is 10.6 Å². The van der Waals surface area contributed by atoms with Crippen molar-refractivity contribution in [3.05, 3.63) is 26.9 Å². The third-order valence-electron chi connectivity index (χ3n) is 2.97. The van der Waals surface area contributed by atoms with E-state index in [1.807, 2.05) is 11.3 Å². The van der Waals surface area contributed by atoms with Crippen molar-refractivity contribution in [1.29, 1.82) is 0 Å². The summed E-state index contributed by atoms with van der Waals surface area (Å²) in [5.74, 6) is 0. The number of thiazole rings is 1. The Labute approximate surface area is 110 Å². The molecule has 0 bridgehead atoms. The molecule has 0 aliphatic heterocycles. The van der Waals surface area contributed by atoms with Crippen LogP contribution in [-0.4, -0.2) is 11.0 Å². The van der Waals surface area contributed by atoms with E-state index in [9.17, 15) is 0 Å². The van der Waals surface area contributed by atoms with E-state index >= 15 is 0 Å². The zero-order chi connectivity index (χ0) is 11.8. The van der Waals surface area contributed by atoms with Gasteiger partial charge in [0.25, 0.3) is 0 Å². The highest BCUT2D eigenvalue weighted by Crippen LogP contribution is 2.32. The molecule has 0 amide bonds. The van der Waals surface area contributed by atoms with Crippen LogP contribution in [0.25, 0.3) is 10.6 Å². The van der Waals surface area contributed by atoms with Crippen LogP contribution in [0, 0.1) is 13.8 Å². The van der Waals surface area contributed by atoms with Crippen LogP contribution in [0.1, 0.15) is 28.3 Å². The molecule has 0 aromatic carbocycles. The molecule has 17 heavy (non-hydrogen) atoms. The van der Waals surface area contributed by atoms with E-state index in [1.165, 1.54) is 38.9 Å². The Bertz CT molecular complexity index is 523. The Kier molecular flexibility index (Phi) is 3.03. The highest BCUT2D eigenvalue weighted by molar-refractivity contribution is 7.15. The fourth-order valence-corrected chi connectivity index (χ4v) is 3.77. The van der Waals surface area contributed by atoms with Gasteiger partial charge in [-0.15, -0.1) is 22.7 Å². The van der Waals surface area contributed by atoms with Gasteiger partial charge in [-0.25, -0.2) is 4.98 Å². The van der Waals surface area contributed by atoms with Crippen molar-refractivity contribution < 1.29 is 0 Å². The molecule has 90 valence electrons. The van der Waals surface area contributed by atoms with Gasteiger partial charge in [-0.3, -0.25) is 0 Å². The first-order valence-electron chi connectivity index (χ1n) is 5.97. The number of hydrogen-bond acceptors (Lipinski definition) is 4. The number of aromatic nitrogens is 1. The molecule has 0 spiro atoms. The molecule has 0 radical (unpaired) electrons. The number of rotatable bonds is 4. The Morgan fingerprint density at radius 2 is 2.24 bits per heavy atom. The summed E-state index contributed by atoms with van der Waals surface area (Å²) in [4.78, 5) is 7.46. The molecule has 2 aromatic heterocycles. The Morgan fingerprint density at radius 1 is 1.41 bits per heavy atom. The largest absolute Gasteiger partial charge is 0.308 e. The number of hydrogen-bond donors (Lipinski definition) is 1. The smallest absolute Gasteiger partial charge is 0.124 e. The minimum Gasteiger partial charge on any atom is -0.308 e. The maximum absolute atomic E-state index is 4.72. The molecular weight excluding hydrogens is 248 g/mol. The summed E-state index contributed by atoms with van der Waals surface area (Å²) in [5.41, 5.74) is 2.50. The lowest BCUT2D eigenvalue weighted by Crippen LogP contribution is -2.15. The van der Waals surface area contributed by atoms with E-state index in [0.717, 1.165) is 12.6 Å². The maximum Gasteiger partial charge on any atom is 0.124 e. The molecule has 1 aliphatic carbocycles. The van der Waals surface area contributed by atoms with Gasteiger partial charge >= 0.3 is 0 Å². The molecule has 0 saturated heterocycles. The summed E-state index contributed by atoms with van der Waals surface area (Å²) < 4.78 is 0. The maximum atomic E-state index is 4.72. The summed E-state index contributed by atoms with van der Waals surface area (Å²) >= 11 is 3.61. The highest BCUT2D eigenvalue weighted by Gasteiger charge is 2.20. The highest BCUT2D eigenvalue weighted by atomic mass is 32.1. The van der Waals surface area contributed by atoms with Crippen LogP contribution >= 0.6 is 22.7 Å². The van der Waals surface area contributed by atoms with Crippen molar-refractivity contribution in [1.82, 2.24) is 10.3 Å².